The van der Waals surface area contributed by atoms with E-state index in [1.165, 1.54) is 0 Å². The van der Waals surface area contributed by atoms with Gasteiger partial charge in [0.25, 0.3) is 0 Å². The molecule has 0 saturated carbocycles. The lowest BCUT2D eigenvalue weighted by molar-refractivity contribution is -0.140. The Bertz CT molecular complexity index is 444. The van der Waals surface area contributed by atoms with Crippen LogP contribution >= 0.6 is 11.6 Å². The zero-order chi connectivity index (χ0) is 14.4. The number of rotatable bonds is 5. The number of carbonyl (C=O) groups is 2. The Morgan fingerprint density at radius 3 is 2.37 bits per heavy atom. The minimum Gasteiger partial charge on any atom is -0.480 e. The second kappa shape index (κ2) is 6.99. The van der Waals surface area contributed by atoms with Crippen molar-refractivity contribution in [3.8, 4) is 0 Å². The first-order valence-electron chi connectivity index (χ1n) is 5.80. The molecule has 0 spiro atoms. The van der Waals surface area contributed by atoms with Gasteiger partial charge in [0, 0.05) is 5.02 Å². The van der Waals surface area contributed by atoms with Crippen molar-refractivity contribution in [2.75, 3.05) is 0 Å². The molecule has 1 aromatic rings. The van der Waals surface area contributed by atoms with E-state index in [1.807, 2.05) is 0 Å². The highest BCUT2D eigenvalue weighted by Crippen LogP contribution is 2.10. The first-order chi connectivity index (χ1) is 8.90. The zero-order valence-corrected chi connectivity index (χ0v) is 11.5. The van der Waals surface area contributed by atoms with E-state index in [2.05, 4.69) is 5.32 Å². The van der Waals surface area contributed by atoms with Gasteiger partial charge in [-0.1, -0.05) is 37.6 Å². The van der Waals surface area contributed by atoms with Crippen molar-refractivity contribution < 1.29 is 19.4 Å². The average Bonchev–Trinajstić information content (AvgIpc) is 2.34. The topological polar surface area (TPSA) is 75.6 Å². The van der Waals surface area contributed by atoms with Crippen molar-refractivity contribution in [2.45, 2.75) is 26.5 Å². The maximum atomic E-state index is 11.5. The number of nitrogens with one attached hydrogen (secondary N) is 1. The molecule has 19 heavy (non-hydrogen) atoms. The molecule has 1 rings (SSSR count). The fraction of sp³-hybridized carbons (Fsp3) is 0.385. The predicted octanol–water partition coefficient (Wildman–Crippen LogP) is 2.68. The number of hydrogen-bond acceptors (Lipinski definition) is 3. The second-order valence-corrected chi connectivity index (χ2v) is 4.84. The fourth-order valence-electron chi connectivity index (χ4n) is 1.41. The molecule has 6 heteroatoms. The van der Waals surface area contributed by atoms with E-state index in [0.29, 0.717) is 5.02 Å². The summed E-state index contributed by atoms with van der Waals surface area (Å²) in [4.78, 5) is 22.4. The molecule has 0 aliphatic carbocycles. The molecule has 0 fully saturated rings. The van der Waals surface area contributed by atoms with E-state index in [0.717, 1.165) is 5.56 Å². The van der Waals surface area contributed by atoms with Gasteiger partial charge in [-0.25, -0.2) is 9.59 Å². The summed E-state index contributed by atoms with van der Waals surface area (Å²) in [5.74, 6) is -1.31. The lowest BCUT2D eigenvalue weighted by Crippen LogP contribution is -2.44. The van der Waals surface area contributed by atoms with E-state index in [-0.39, 0.29) is 12.5 Å². The van der Waals surface area contributed by atoms with Crippen molar-refractivity contribution in [1.82, 2.24) is 5.32 Å². The van der Waals surface area contributed by atoms with Gasteiger partial charge in [0.1, 0.15) is 12.6 Å². The summed E-state index contributed by atoms with van der Waals surface area (Å²) in [7, 11) is 0. The van der Waals surface area contributed by atoms with Crippen molar-refractivity contribution in [3.63, 3.8) is 0 Å². The molecule has 1 amide bonds. The maximum absolute atomic E-state index is 11.5. The Kier molecular flexibility index (Phi) is 5.63. The molecular weight excluding hydrogens is 270 g/mol. The summed E-state index contributed by atoms with van der Waals surface area (Å²) < 4.78 is 4.94. The zero-order valence-electron chi connectivity index (χ0n) is 10.7. The molecule has 0 unspecified atom stereocenters. The van der Waals surface area contributed by atoms with Gasteiger partial charge >= 0.3 is 12.1 Å². The van der Waals surface area contributed by atoms with Gasteiger partial charge in [-0.2, -0.15) is 0 Å². The standard InChI is InChI=1S/C13H16ClNO4/c1-8(2)11(12(16)17)15-13(18)19-7-9-3-5-10(14)6-4-9/h3-6,8,11H,7H2,1-2H3,(H,15,18)(H,16,17)/t11-/m0/s1. The van der Waals surface area contributed by atoms with Gasteiger partial charge in [-0.3, -0.25) is 0 Å². The summed E-state index contributed by atoms with van der Waals surface area (Å²) in [6, 6.07) is 5.87. The van der Waals surface area contributed by atoms with E-state index in [1.54, 1.807) is 38.1 Å². The highest BCUT2D eigenvalue weighted by Gasteiger charge is 2.23. The largest absolute Gasteiger partial charge is 0.480 e. The molecule has 5 nitrogen and oxygen atoms in total. The number of carboxylic acids is 1. The van der Waals surface area contributed by atoms with Crippen LogP contribution in [0.25, 0.3) is 0 Å². The first-order valence-corrected chi connectivity index (χ1v) is 6.18. The van der Waals surface area contributed by atoms with Gasteiger partial charge < -0.3 is 15.2 Å². The number of carbonyl (C=O) groups excluding carboxylic acids is 1. The molecular formula is C13H16ClNO4. The summed E-state index contributed by atoms with van der Waals surface area (Å²) >= 11 is 5.73. The van der Waals surface area contributed by atoms with Crippen molar-refractivity contribution >= 4 is 23.7 Å². The van der Waals surface area contributed by atoms with Crippen LogP contribution in [0.4, 0.5) is 4.79 Å². The molecule has 0 aliphatic rings. The monoisotopic (exact) mass is 285 g/mol. The van der Waals surface area contributed by atoms with Crippen molar-refractivity contribution in [1.29, 1.82) is 0 Å². The highest BCUT2D eigenvalue weighted by molar-refractivity contribution is 6.30. The minimum absolute atomic E-state index is 0.0629. The van der Waals surface area contributed by atoms with Crippen LogP contribution in [0, 0.1) is 5.92 Å². The Hall–Kier alpha value is -1.75. The highest BCUT2D eigenvalue weighted by atomic mass is 35.5. The van der Waals surface area contributed by atoms with Crippen molar-refractivity contribution in [3.05, 3.63) is 34.9 Å². The fourth-order valence-corrected chi connectivity index (χ4v) is 1.54. The summed E-state index contributed by atoms with van der Waals surface area (Å²) in [5, 5.41) is 11.8. The molecule has 0 saturated heterocycles. The number of amides is 1. The van der Waals surface area contributed by atoms with Gasteiger partial charge in [0.2, 0.25) is 0 Å². The number of ether oxygens (including phenoxy) is 1. The third kappa shape index (κ3) is 5.18. The number of halogens is 1. The third-order valence-electron chi connectivity index (χ3n) is 2.49. The lowest BCUT2D eigenvalue weighted by Gasteiger charge is -2.17. The van der Waals surface area contributed by atoms with Crippen LogP contribution in [0.5, 0.6) is 0 Å². The molecule has 1 aromatic carbocycles. The lowest BCUT2D eigenvalue weighted by atomic mass is 10.1. The van der Waals surface area contributed by atoms with Crippen LogP contribution in [0.15, 0.2) is 24.3 Å². The maximum Gasteiger partial charge on any atom is 0.408 e. The summed E-state index contributed by atoms with van der Waals surface area (Å²) in [6.45, 7) is 3.48. The van der Waals surface area contributed by atoms with E-state index in [9.17, 15) is 9.59 Å². The summed E-state index contributed by atoms with van der Waals surface area (Å²) in [5.41, 5.74) is 0.774. The van der Waals surface area contributed by atoms with Gasteiger partial charge in [-0.15, -0.1) is 0 Å². The predicted molar refractivity (Wildman–Crippen MR) is 71.0 cm³/mol. The molecule has 0 radical (unpaired) electrons. The van der Waals surface area contributed by atoms with Crippen molar-refractivity contribution in [2.24, 2.45) is 5.92 Å². The number of alkyl carbamates (subject to hydrolysis) is 1. The van der Waals surface area contributed by atoms with Crippen LogP contribution in [-0.2, 0) is 16.1 Å². The van der Waals surface area contributed by atoms with Crippen LogP contribution in [0.1, 0.15) is 19.4 Å². The molecule has 1 atom stereocenters. The minimum atomic E-state index is -1.08. The molecule has 104 valence electrons. The SMILES string of the molecule is CC(C)[C@H](NC(=O)OCc1ccc(Cl)cc1)C(=O)O. The molecule has 0 aromatic heterocycles. The Balaban J connectivity index is 2.47. The Morgan fingerprint density at radius 1 is 1.32 bits per heavy atom. The van der Waals surface area contributed by atoms with Gasteiger partial charge in [-0.05, 0) is 23.6 Å². The second-order valence-electron chi connectivity index (χ2n) is 4.41. The van der Waals surface area contributed by atoms with E-state index < -0.39 is 18.1 Å². The molecule has 0 aliphatic heterocycles. The van der Waals surface area contributed by atoms with E-state index >= 15 is 0 Å². The Morgan fingerprint density at radius 2 is 1.89 bits per heavy atom. The number of carboxylic acid groups (broad SMARTS) is 1. The van der Waals surface area contributed by atoms with E-state index in [4.69, 9.17) is 21.4 Å². The molecule has 2 N–H and O–H groups in total. The quantitative estimate of drug-likeness (QED) is 0.872. The van der Waals surface area contributed by atoms with Gasteiger partial charge in [0.15, 0.2) is 0 Å². The number of benzene rings is 1. The summed E-state index contributed by atoms with van der Waals surface area (Å²) in [6.07, 6.45) is -0.754. The number of aliphatic carboxylic acids is 1. The Labute approximate surface area is 116 Å². The average molecular weight is 286 g/mol. The van der Waals surface area contributed by atoms with Crippen LogP contribution in [0.2, 0.25) is 5.02 Å². The first kappa shape index (κ1) is 15.3. The molecule has 0 heterocycles. The molecule has 0 bridgehead atoms. The van der Waals surface area contributed by atoms with Crippen LogP contribution in [0.3, 0.4) is 0 Å². The number of hydrogen-bond donors (Lipinski definition) is 2. The van der Waals surface area contributed by atoms with Gasteiger partial charge in [0.05, 0.1) is 0 Å². The normalized spacial score (nSPS) is 12.0. The van der Waals surface area contributed by atoms with Crippen LogP contribution < -0.4 is 5.32 Å². The smallest absolute Gasteiger partial charge is 0.408 e. The van der Waals surface area contributed by atoms with Crippen LogP contribution in [-0.4, -0.2) is 23.2 Å². The third-order valence-corrected chi connectivity index (χ3v) is 2.74.